The number of carbonyl (C=O) groups is 2. The van der Waals surface area contributed by atoms with Gasteiger partial charge in [-0.1, -0.05) is 12.1 Å². The average molecular weight is 568 g/mol. The maximum Gasteiger partial charge on any atom is 0.409 e. The van der Waals surface area contributed by atoms with E-state index in [1.807, 2.05) is 26.8 Å². The maximum absolute atomic E-state index is 14.1. The molecule has 2 saturated carbocycles. The first-order valence-electron chi connectivity index (χ1n) is 14.9. The van der Waals surface area contributed by atoms with Crippen LogP contribution in [0.3, 0.4) is 0 Å². The molecule has 9 nitrogen and oxygen atoms in total. The molecule has 6 rings (SSSR count). The molecule has 1 N–H and O–H groups in total. The zero-order valence-electron chi connectivity index (χ0n) is 24.8. The third kappa shape index (κ3) is 4.98. The summed E-state index contributed by atoms with van der Waals surface area (Å²) in [5, 5.41) is 3.00. The second-order valence-electron chi connectivity index (χ2n) is 13.2. The van der Waals surface area contributed by atoms with Gasteiger partial charge in [0.05, 0.1) is 31.1 Å². The van der Waals surface area contributed by atoms with Crippen molar-refractivity contribution in [1.29, 1.82) is 0 Å². The monoisotopic (exact) mass is 567 g/mol. The third-order valence-corrected chi connectivity index (χ3v) is 9.77. The summed E-state index contributed by atoms with van der Waals surface area (Å²) in [6, 6.07) is 7.49. The number of rotatable bonds is 6. The summed E-state index contributed by atoms with van der Waals surface area (Å²) >= 11 is 0. The molecule has 2 aliphatic heterocycles. The average Bonchev–Trinajstić information content (AvgIpc) is 3.44. The summed E-state index contributed by atoms with van der Waals surface area (Å²) in [6.07, 6.45) is 5.24. The van der Waals surface area contributed by atoms with Crippen molar-refractivity contribution in [2.24, 2.45) is 5.41 Å². The maximum atomic E-state index is 14.1. The number of piperidine rings is 1. The fourth-order valence-corrected chi connectivity index (χ4v) is 8.09. The Morgan fingerprint density at radius 2 is 2.07 bits per heavy atom. The van der Waals surface area contributed by atoms with Crippen LogP contribution < -0.4 is 5.32 Å². The molecule has 41 heavy (non-hydrogen) atoms. The summed E-state index contributed by atoms with van der Waals surface area (Å²) in [7, 11) is 1.43. The van der Waals surface area contributed by atoms with Gasteiger partial charge in [0.15, 0.2) is 0 Å². The molecule has 1 aromatic carbocycles. The van der Waals surface area contributed by atoms with Crippen LogP contribution in [0.5, 0.6) is 0 Å². The van der Waals surface area contributed by atoms with Gasteiger partial charge in [-0.05, 0) is 77.5 Å². The van der Waals surface area contributed by atoms with E-state index in [-0.39, 0.29) is 18.0 Å². The van der Waals surface area contributed by atoms with E-state index in [0.29, 0.717) is 43.1 Å². The molecule has 5 atom stereocenters. The molecule has 222 valence electrons. The van der Waals surface area contributed by atoms with E-state index in [4.69, 9.17) is 14.5 Å². The van der Waals surface area contributed by atoms with E-state index in [0.717, 1.165) is 48.6 Å². The number of nitrogens with one attached hydrogen (secondary N) is 1. The summed E-state index contributed by atoms with van der Waals surface area (Å²) in [4.78, 5) is 34.3. The molecule has 4 aliphatic rings. The SMILES string of the molecule is COC(=O)N1CCc2nc(C)n(C3CC4N(CCC(NC(=O)OC(C)(C)C)c5cccc(F)c5)C5CCC54C3)c2C1. The number of carbonyl (C=O) groups excluding carboxylic acids is 2. The lowest BCUT2D eigenvalue weighted by molar-refractivity contribution is -0.188. The number of amides is 2. The van der Waals surface area contributed by atoms with Crippen LogP contribution in [0.25, 0.3) is 0 Å². The van der Waals surface area contributed by atoms with Crippen molar-refractivity contribution in [1.82, 2.24) is 24.7 Å². The summed E-state index contributed by atoms with van der Waals surface area (Å²) < 4.78 is 27.1. The van der Waals surface area contributed by atoms with E-state index >= 15 is 0 Å². The predicted octanol–water partition coefficient (Wildman–Crippen LogP) is 5.28. The fraction of sp³-hybridized carbons (Fsp3) is 0.645. The van der Waals surface area contributed by atoms with Crippen LogP contribution in [0.2, 0.25) is 0 Å². The third-order valence-electron chi connectivity index (χ3n) is 9.77. The molecule has 0 radical (unpaired) electrons. The number of ether oxygens (including phenoxy) is 2. The second kappa shape index (κ2) is 10.3. The number of hydrogen-bond acceptors (Lipinski definition) is 6. The highest BCUT2D eigenvalue weighted by Crippen LogP contribution is 2.67. The van der Waals surface area contributed by atoms with Crippen LogP contribution in [-0.2, 0) is 22.4 Å². The molecule has 2 aromatic rings. The minimum Gasteiger partial charge on any atom is -0.453 e. The Labute approximate surface area is 241 Å². The minimum atomic E-state index is -0.614. The van der Waals surface area contributed by atoms with Crippen molar-refractivity contribution < 1.29 is 23.5 Å². The molecular weight excluding hydrogens is 525 g/mol. The van der Waals surface area contributed by atoms with Gasteiger partial charge in [-0.3, -0.25) is 4.90 Å². The lowest BCUT2D eigenvalue weighted by Gasteiger charge is -2.68. The standard InChI is InChI=1S/C31H42FN5O4/c1-19-33-24-10-13-35(29(39)40-5)18-25(24)37(19)22-16-27-31(17-22)12-9-26(31)36(27)14-11-23(20-7-6-8-21(32)15-20)34-28(38)41-30(2,3)4/h6-8,15,22-23,26-27H,9-14,16-18H2,1-5H3,(H,34,38). The second-order valence-corrected chi connectivity index (χ2v) is 13.2. The number of fused-ring (bicyclic) bond motifs is 1. The fourth-order valence-electron chi connectivity index (χ4n) is 8.09. The first-order chi connectivity index (χ1) is 19.5. The van der Waals surface area contributed by atoms with Gasteiger partial charge >= 0.3 is 12.2 Å². The van der Waals surface area contributed by atoms with Crippen molar-refractivity contribution in [3.63, 3.8) is 0 Å². The zero-order chi connectivity index (χ0) is 29.1. The molecule has 0 bridgehead atoms. The van der Waals surface area contributed by atoms with Crippen molar-refractivity contribution >= 4 is 12.2 Å². The number of alkyl carbamates (subject to hydrolysis) is 1. The number of imidazole rings is 1. The summed E-state index contributed by atoms with van der Waals surface area (Å²) in [6.45, 7) is 9.58. The van der Waals surface area contributed by atoms with Crippen LogP contribution in [-0.4, -0.2) is 69.4 Å². The molecule has 10 heteroatoms. The predicted molar refractivity (Wildman–Crippen MR) is 151 cm³/mol. The Bertz CT molecular complexity index is 1340. The van der Waals surface area contributed by atoms with E-state index in [1.165, 1.54) is 32.1 Å². The topological polar surface area (TPSA) is 88.9 Å². The number of benzene rings is 1. The first kappa shape index (κ1) is 28.0. The van der Waals surface area contributed by atoms with Gasteiger partial charge < -0.3 is 24.3 Å². The number of nitrogens with zero attached hydrogens (tertiary/aromatic N) is 4. The highest BCUT2D eigenvalue weighted by Gasteiger charge is 2.69. The zero-order valence-corrected chi connectivity index (χ0v) is 24.8. The van der Waals surface area contributed by atoms with E-state index in [1.54, 1.807) is 11.0 Å². The molecule has 5 unspecified atom stereocenters. The number of hydrogen-bond donors (Lipinski definition) is 1. The Kier molecular flexibility index (Phi) is 7.03. The highest BCUT2D eigenvalue weighted by atomic mass is 19.1. The van der Waals surface area contributed by atoms with Crippen LogP contribution in [0.15, 0.2) is 24.3 Å². The van der Waals surface area contributed by atoms with Gasteiger partial charge in [0.1, 0.15) is 17.2 Å². The van der Waals surface area contributed by atoms with E-state index in [2.05, 4.69) is 21.7 Å². The molecule has 2 amide bonds. The van der Waals surface area contributed by atoms with Gasteiger partial charge in [0.25, 0.3) is 0 Å². The van der Waals surface area contributed by atoms with Gasteiger partial charge in [-0.2, -0.15) is 0 Å². The Morgan fingerprint density at radius 3 is 2.76 bits per heavy atom. The summed E-state index contributed by atoms with van der Waals surface area (Å²) in [5.74, 6) is 0.712. The Balaban J connectivity index is 1.17. The number of aromatic nitrogens is 2. The lowest BCUT2D eigenvalue weighted by atomic mass is 9.53. The summed E-state index contributed by atoms with van der Waals surface area (Å²) in [5.41, 5.74) is 2.72. The molecular formula is C31H42FN5O4. The Morgan fingerprint density at radius 1 is 1.27 bits per heavy atom. The molecule has 3 heterocycles. The van der Waals surface area contributed by atoms with Crippen molar-refractivity contribution in [2.45, 2.75) is 103 Å². The molecule has 2 aliphatic carbocycles. The van der Waals surface area contributed by atoms with Crippen LogP contribution in [0.4, 0.5) is 14.0 Å². The van der Waals surface area contributed by atoms with Crippen LogP contribution in [0, 0.1) is 18.2 Å². The number of methoxy groups -OCH3 is 1. The molecule has 1 spiro atoms. The van der Waals surface area contributed by atoms with Gasteiger partial charge in [-0.25, -0.2) is 19.0 Å². The van der Waals surface area contributed by atoms with E-state index < -0.39 is 11.7 Å². The number of halogens is 1. The Hall–Kier alpha value is -3.14. The lowest BCUT2D eigenvalue weighted by Crippen LogP contribution is -2.74. The molecule has 1 saturated heterocycles. The smallest absolute Gasteiger partial charge is 0.409 e. The van der Waals surface area contributed by atoms with Crippen molar-refractivity contribution in [2.75, 3.05) is 20.2 Å². The van der Waals surface area contributed by atoms with Crippen LogP contribution in [0.1, 0.15) is 87.7 Å². The minimum absolute atomic E-state index is 0.288. The number of likely N-dealkylation sites (tertiary alicyclic amines) is 1. The highest BCUT2D eigenvalue weighted by molar-refractivity contribution is 5.68. The van der Waals surface area contributed by atoms with Gasteiger partial charge in [0.2, 0.25) is 0 Å². The van der Waals surface area contributed by atoms with Crippen molar-refractivity contribution in [3.05, 3.63) is 52.9 Å². The first-order valence-corrected chi connectivity index (χ1v) is 14.9. The van der Waals surface area contributed by atoms with Crippen LogP contribution >= 0.6 is 0 Å². The molecule has 1 aromatic heterocycles. The largest absolute Gasteiger partial charge is 0.453 e. The van der Waals surface area contributed by atoms with E-state index in [9.17, 15) is 14.0 Å². The normalized spacial score (nSPS) is 27.6. The quantitative estimate of drug-likeness (QED) is 0.511. The number of aryl methyl sites for hydroxylation is 1. The van der Waals surface area contributed by atoms with Crippen molar-refractivity contribution in [3.8, 4) is 0 Å². The molecule has 3 fully saturated rings. The van der Waals surface area contributed by atoms with Gasteiger partial charge in [-0.15, -0.1) is 0 Å². The van der Waals surface area contributed by atoms with Gasteiger partial charge in [0, 0.05) is 43.1 Å².